The van der Waals surface area contributed by atoms with Crippen molar-refractivity contribution in [3.8, 4) is 11.6 Å². The van der Waals surface area contributed by atoms with Crippen molar-refractivity contribution in [2.24, 2.45) is 0 Å². The van der Waals surface area contributed by atoms with Crippen molar-refractivity contribution in [2.45, 2.75) is 19.3 Å². The molecule has 0 bridgehead atoms. The molecule has 0 saturated carbocycles. The normalized spacial score (nSPS) is 16.3. The Hall–Kier alpha value is -3.52. The third-order valence-corrected chi connectivity index (χ3v) is 6.76. The van der Waals surface area contributed by atoms with Crippen LogP contribution >= 0.6 is 0 Å². The molecule has 3 aromatic rings. The molecule has 5 rings (SSSR count). The summed E-state index contributed by atoms with van der Waals surface area (Å²) in [6.07, 6.45) is 2.82. The van der Waals surface area contributed by atoms with Crippen molar-refractivity contribution >= 4 is 28.3 Å². The second-order valence-electron chi connectivity index (χ2n) is 9.04. The van der Waals surface area contributed by atoms with Crippen molar-refractivity contribution in [3.63, 3.8) is 0 Å². The molecule has 0 unspecified atom stereocenters. The van der Waals surface area contributed by atoms with Crippen LogP contribution < -0.4 is 25.0 Å². The highest BCUT2D eigenvalue weighted by molar-refractivity contribution is 5.95. The summed E-state index contributed by atoms with van der Waals surface area (Å²) in [4.78, 5) is 21.2. The van der Waals surface area contributed by atoms with Gasteiger partial charge in [-0.25, -0.2) is 4.79 Å². The fraction of sp³-hybridized carbons (Fsp3) is 0.407. The van der Waals surface area contributed by atoms with Crippen molar-refractivity contribution < 1.29 is 14.3 Å². The maximum atomic E-state index is 11.7. The lowest BCUT2D eigenvalue weighted by atomic mass is 10.1. The molecule has 8 nitrogen and oxygen atoms in total. The number of piperazine rings is 1. The first kappa shape index (κ1) is 23.2. The summed E-state index contributed by atoms with van der Waals surface area (Å²) >= 11 is 0. The van der Waals surface area contributed by atoms with E-state index in [1.807, 2.05) is 18.2 Å². The summed E-state index contributed by atoms with van der Waals surface area (Å²) in [5, 5.41) is 8.06. The highest BCUT2D eigenvalue weighted by Gasteiger charge is 2.19. The van der Waals surface area contributed by atoms with Gasteiger partial charge >= 0.3 is 6.03 Å². The van der Waals surface area contributed by atoms with Crippen LogP contribution in [-0.4, -0.2) is 68.9 Å². The van der Waals surface area contributed by atoms with Crippen LogP contribution in [0.4, 0.5) is 16.3 Å². The first-order chi connectivity index (χ1) is 17.2. The topological polar surface area (TPSA) is 79.0 Å². The summed E-state index contributed by atoms with van der Waals surface area (Å²) in [5.41, 5.74) is 2.31. The summed E-state index contributed by atoms with van der Waals surface area (Å²) < 4.78 is 11.3. The Balaban J connectivity index is 1.06. The highest BCUT2D eigenvalue weighted by atomic mass is 16.5. The maximum absolute atomic E-state index is 11.7. The lowest BCUT2D eigenvalue weighted by Crippen LogP contribution is -2.46. The van der Waals surface area contributed by atoms with E-state index in [1.165, 1.54) is 16.5 Å². The minimum absolute atomic E-state index is 0.214. The number of unbranched alkanes of at least 4 members (excludes halogenated alkanes) is 1. The smallest absolute Gasteiger partial charge is 0.320 e. The van der Waals surface area contributed by atoms with Crippen LogP contribution in [0, 0.1) is 0 Å². The Kier molecular flexibility index (Phi) is 7.18. The van der Waals surface area contributed by atoms with E-state index in [1.54, 1.807) is 7.11 Å². The molecule has 184 valence electrons. The van der Waals surface area contributed by atoms with Crippen LogP contribution in [0.1, 0.15) is 18.4 Å². The summed E-state index contributed by atoms with van der Waals surface area (Å²) in [6, 6.07) is 16.5. The Morgan fingerprint density at radius 1 is 1.03 bits per heavy atom. The van der Waals surface area contributed by atoms with E-state index in [4.69, 9.17) is 9.47 Å². The zero-order chi connectivity index (χ0) is 24.0. The lowest BCUT2D eigenvalue weighted by Gasteiger charge is -2.36. The summed E-state index contributed by atoms with van der Waals surface area (Å²) in [5.74, 6) is 2.06. The molecule has 2 aliphatic heterocycles. The van der Waals surface area contributed by atoms with Gasteiger partial charge < -0.3 is 19.7 Å². The van der Waals surface area contributed by atoms with Crippen molar-refractivity contribution in [2.75, 3.05) is 63.2 Å². The minimum atomic E-state index is -0.214. The summed E-state index contributed by atoms with van der Waals surface area (Å²) in [6.45, 7) is 6.46. The largest absolute Gasteiger partial charge is 0.497 e. The summed E-state index contributed by atoms with van der Waals surface area (Å²) in [7, 11) is 1.72. The standard InChI is InChI=1S/C27H33N5O3/c1-34-22-9-7-20-5-4-6-24(23(20)19-22)32-16-14-31(15-17-32)13-2-3-18-35-25-10-8-21-11-12-28-27(33)30-26(21)29-25/h4-10,19H,2-3,11-18H2,1H3,(H2,28,29,30,33). The molecule has 2 aromatic carbocycles. The fourth-order valence-corrected chi connectivity index (χ4v) is 4.79. The molecule has 0 radical (unpaired) electrons. The highest BCUT2D eigenvalue weighted by Crippen LogP contribution is 2.30. The molecule has 2 amide bonds. The van der Waals surface area contributed by atoms with Crippen molar-refractivity contribution in [1.29, 1.82) is 0 Å². The fourth-order valence-electron chi connectivity index (χ4n) is 4.79. The molecule has 1 saturated heterocycles. The molecule has 35 heavy (non-hydrogen) atoms. The average Bonchev–Trinajstić information content (AvgIpc) is 3.08. The van der Waals surface area contributed by atoms with E-state index in [0.717, 1.165) is 63.3 Å². The number of amides is 2. The number of aromatic nitrogens is 1. The zero-order valence-electron chi connectivity index (χ0n) is 20.3. The SMILES string of the molecule is COc1ccc2cccc(N3CCN(CCCCOc4ccc5c(n4)NC(=O)NCC5)CC3)c2c1. The Morgan fingerprint density at radius 2 is 1.91 bits per heavy atom. The zero-order valence-corrected chi connectivity index (χ0v) is 20.3. The minimum Gasteiger partial charge on any atom is -0.497 e. The van der Waals surface area contributed by atoms with Gasteiger partial charge in [-0.2, -0.15) is 4.98 Å². The van der Waals surface area contributed by atoms with Crippen LogP contribution in [-0.2, 0) is 6.42 Å². The number of nitrogens with one attached hydrogen (secondary N) is 2. The van der Waals surface area contributed by atoms with Gasteiger partial charge in [-0.1, -0.05) is 18.2 Å². The van der Waals surface area contributed by atoms with Crippen molar-refractivity contribution in [1.82, 2.24) is 15.2 Å². The van der Waals surface area contributed by atoms with Crippen LogP contribution in [0.5, 0.6) is 11.6 Å². The quantitative estimate of drug-likeness (QED) is 0.481. The predicted molar refractivity (Wildman–Crippen MR) is 139 cm³/mol. The number of ether oxygens (including phenoxy) is 2. The number of nitrogens with zero attached hydrogens (tertiary/aromatic N) is 3. The second-order valence-corrected chi connectivity index (χ2v) is 9.04. The first-order valence-corrected chi connectivity index (χ1v) is 12.4. The number of fused-ring (bicyclic) bond motifs is 2. The van der Waals surface area contributed by atoms with Gasteiger partial charge in [0.2, 0.25) is 5.88 Å². The van der Waals surface area contributed by atoms with Gasteiger partial charge in [-0.15, -0.1) is 0 Å². The number of hydrogen-bond donors (Lipinski definition) is 2. The van der Waals surface area contributed by atoms with E-state index in [-0.39, 0.29) is 6.03 Å². The number of carbonyl (C=O) groups is 1. The van der Waals surface area contributed by atoms with E-state index < -0.39 is 0 Å². The molecule has 8 heteroatoms. The van der Waals surface area contributed by atoms with Gasteiger partial charge in [0.25, 0.3) is 0 Å². The van der Waals surface area contributed by atoms with Gasteiger partial charge in [0, 0.05) is 49.9 Å². The van der Waals surface area contributed by atoms with E-state index in [2.05, 4.69) is 55.7 Å². The number of hydrogen-bond acceptors (Lipinski definition) is 6. The molecule has 3 heterocycles. The maximum Gasteiger partial charge on any atom is 0.320 e. The number of urea groups is 1. The van der Waals surface area contributed by atoms with Gasteiger partial charge in [0.1, 0.15) is 11.6 Å². The van der Waals surface area contributed by atoms with Gasteiger partial charge in [0.15, 0.2) is 0 Å². The number of rotatable bonds is 8. The van der Waals surface area contributed by atoms with Gasteiger partial charge in [0.05, 0.1) is 13.7 Å². The van der Waals surface area contributed by atoms with Gasteiger partial charge in [-0.05, 0) is 61.0 Å². The number of pyridine rings is 1. The first-order valence-electron chi connectivity index (χ1n) is 12.4. The van der Waals surface area contributed by atoms with E-state index in [9.17, 15) is 4.79 Å². The Labute approximate surface area is 206 Å². The predicted octanol–water partition coefficient (Wildman–Crippen LogP) is 3.90. The molecular weight excluding hydrogens is 442 g/mol. The van der Waals surface area contributed by atoms with Crippen LogP contribution in [0.15, 0.2) is 48.5 Å². The van der Waals surface area contributed by atoms with Crippen molar-refractivity contribution in [3.05, 3.63) is 54.1 Å². The lowest BCUT2D eigenvalue weighted by molar-refractivity contribution is 0.237. The molecule has 0 atom stereocenters. The molecule has 0 aliphatic carbocycles. The third-order valence-electron chi connectivity index (χ3n) is 6.76. The molecule has 2 aliphatic rings. The third kappa shape index (κ3) is 5.59. The Bertz CT molecular complexity index is 1180. The molecule has 0 spiro atoms. The molecular formula is C27H33N5O3. The van der Waals surface area contributed by atoms with E-state index in [0.29, 0.717) is 24.8 Å². The number of anilines is 2. The van der Waals surface area contributed by atoms with Gasteiger partial charge in [-0.3, -0.25) is 10.2 Å². The number of carbonyl (C=O) groups excluding carboxylic acids is 1. The molecule has 1 fully saturated rings. The Morgan fingerprint density at radius 3 is 2.77 bits per heavy atom. The molecule has 1 aromatic heterocycles. The average molecular weight is 476 g/mol. The van der Waals surface area contributed by atoms with Crippen LogP contribution in [0.3, 0.4) is 0 Å². The van der Waals surface area contributed by atoms with E-state index >= 15 is 0 Å². The number of methoxy groups -OCH3 is 1. The molecule has 2 N–H and O–H groups in total. The van der Waals surface area contributed by atoms with Crippen LogP contribution in [0.25, 0.3) is 10.8 Å². The van der Waals surface area contributed by atoms with Crippen LogP contribution in [0.2, 0.25) is 0 Å². The monoisotopic (exact) mass is 475 g/mol. The number of benzene rings is 2. The second kappa shape index (κ2) is 10.8.